The average molecular weight is 258 g/mol. The summed E-state index contributed by atoms with van der Waals surface area (Å²) in [5.74, 6) is -1.48. The van der Waals surface area contributed by atoms with Crippen molar-refractivity contribution in [2.45, 2.75) is 6.18 Å². The van der Waals surface area contributed by atoms with Crippen molar-refractivity contribution in [3.8, 4) is 11.5 Å². The lowest BCUT2D eigenvalue weighted by Crippen LogP contribution is -2.05. The van der Waals surface area contributed by atoms with Crippen molar-refractivity contribution in [1.29, 1.82) is 0 Å². The van der Waals surface area contributed by atoms with E-state index in [0.29, 0.717) is 6.20 Å². The Labute approximate surface area is 97.9 Å². The molecule has 8 heteroatoms. The highest BCUT2D eigenvalue weighted by molar-refractivity contribution is 5.93. The van der Waals surface area contributed by atoms with Crippen LogP contribution in [0.1, 0.15) is 15.9 Å². The predicted molar refractivity (Wildman–Crippen MR) is 51.7 cm³/mol. The molecule has 1 N–H and O–H groups in total. The topological polar surface area (TPSA) is 76.2 Å². The molecule has 0 aliphatic heterocycles. The summed E-state index contributed by atoms with van der Waals surface area (Å²) in [5.41, 5.74) is -1.22. The maximum absolute atomic E-state index is 12.3. The third kappa shape index (κ3) is 2.17. The van der Waals surface area contributed by atoms with Gasteiger partial charge in [0.1, 0.15) is 11.3 Å². The zero-order chi connectivity index (χ0) is 13.3. The third-order valence-corrected chi connectivity index (χ3v) is 2.12. The van der Waals surface area contributed by atoms with E-state index in [-0.39, 0.29) is 17.0 Å². The molecular weight excluding hydrogens is 253 g/mol. The Bertz CT molecular complexity index is 575. The van der Waals surface area contributed by atoms with E-state index in [9.17, 15) is 18.0 Å². The van der Waals surface area contributed by atoms with E-state index in [0.717, 1.165) is 18.3 Å². The number of carboxylic acids is 1. The summed E-state index contributed by atoms with van der Waals surface area (Å²) in [6, 6.07) is 1.81. The van der Waals surface area contributed by atoms with Crippen LogP contribution < -0.4 is 0 Å². The van der Waals surface area contributed by atoms with Crippen LogP contribution in [0.3, 0.4) is 0 Å². The van der Waals surface area contributed by atoms with Gasteiger partial charge in [0.25, 0.3) is 0 Å². The Hall–Kier alpha value is -2.38. The van der Waals surface area contributed by atoms with Crippen molar-refractivity contribution in [2.24, 2.45) is 0 Å². The molecule has 0 spiro atoms. The standard InChI is InChI=1S/C10H5F3N2O3/c11-10(12,13)5-1-2-7(14-3-5)8-6(9(16)17)4-15-18-8/h1-4H,(H,16,17). The fraction of sp³-hybridized carbons (Fsp3) is 0.100. The van der Waals surface area contributed by atoms with Crippen LogP contribution in [0, 0.1) is 0 Å². The molecule has 2 aromatic heterocycles. The molecule has 0 bridgehead atoms. The number of carbonyl (C=O) groups is 1. The van der Waals surface area contributed by atoms with E-state index in [1.54, 1.807) is 0 Å². The van der Waals surface area contributed by atoms with Gasteiger partial charge in [0, 0.05) is 6.20 Å². The van der Waals surface area contributed by atoms with Crippen molar-refractivity contribution < 1.29 is 27.6 Å². The quantitative estimate of drug-likeness (QED) is 0.895. The van der Waals surface area contributed by atoms with Crippen molar-refractivity contribution in [1.82, 2.24) is 10.1 Å². The summed E-state index contributed by atoms with van der Waals surface area (Å²) in [4.78, 5) is 14.3. The maximum atomic E-state index is 12.3. The number of hydrogen-bond acceptors (Lipinski definition) is 4. The Morgan fingerprint density at radius 2 is 2.00 bits per heavy atom. The Balaban J connectivity index is 2.41. The van der Waals surface area contributed by atoms with E-state index in [1.807, 2.05) is 0 Å². The zero-order valence-electron chi connectivity index (χ0n) is 8.60. The molecule has 2 aromatic rings. The molecule has 0 aliphatic rings. The van der Waals surface area contributed by atoms with Gasteiger partial charge in [-0.3, -0.25) is 4.98 Å². The van der Waals surface area contributed by atoms with Crippen molar-refractivity contribution >= 4 is 5.97 Å². The molecule has 0 amide bonds. The predicted octanol–water partition coefficient (Wildman–Crippen LogP) is 2.45. The van der Waals surface area contributed by atoms with Crippen LogP contribution in [-0.2, 0) is 6.18 Å². The first kappa shape index (κ1) is 12.1. The largest absolute Gasteiger partial charge is 0.477 e. The molecule has 0 fully saturated rings. The van der Waals surface area contributed by atoms with Gasteiger partial charge in [0.2, 0.25) is 0 Å². The lowest BCUT2D eigenvalue weighted by molar-refractivity contribution is -0.137. The fourth-order valence-corrected chi connectivity index (χ4v) is 1.27. The Kier molecular flexibility index (Phi) is 2.77. The minimum Gasteiger partial charge on any atom is -0.477 e. The molecule has 0 radical (unpaired) electrons. The minimum absolute atomic E-state index is 0.0297. The minimum atomic E-state index is -4.50. The average Bonchev–Trinajstić information content (AvgIpc) is 2.77. The number of rotatable bonds is 2. The molecule has 0 saturated heterocycles. The summed E-state index contributed by atoms with van der Waals surface area (Å²) in [6.45, 7) is 0. The number of carboxylic acid groups (broad SMARTS) is 1. The second-order valence-corrected chi connectivity index (χ2v) is 3.30. The summed E-state index contributed by atoms with van der Waals surface area (Å²) in [6.07, 6.45) is -2.94. The van der Waals surface area contributed by atoms with Gasteiger partial charge >= 0.3 is 12.1 Å². The first-order valence-electron chi connectivity index (χ1n) is 4.61. The molecule has 5 nitrogen and oxygen atoms in total. The molecule has 0 saturated carbocycles. The smallest absolute Gasteiger partial charge is 0.417 e. The molecular formula is C10H5F3N2O3. The molecule has 0 aromatic carbocycles. The van der Waals surface area contributed by atoms with E-state index in [4.69, 9.17) is 5.11 Å². The first-order chi connectivity index (χ1) is 8.39. The Morgan fingerprint density at radius 1 is 1.28 bits per heavy atom. The normalized spacial score (nSPS) is 11.5. The van der Waals surface area contributed by atoms with E-state index in [1.165, 1.54) is 0 Å². The van der Waals surface area contributed by atoms with E-state index >= 15 is 0 Å². The van der Waals surface area contributed by atoms with Gasteiger partial charge < -0.3 is 9.63 Å². The van der Waals surface area contributed by atoms with Crippen LogP contribution in [0.15, 0.2) is 29.0 Å². The fourth-order valence-electron chi connectivity index (χ4n) is 1.27. The number of halogens is 3. The van der Waals surface area contributed by atoms with Gasteiger partial charge in [-0.2, -0.15) is 13.2 Å². The number of pyridine rings is 1. The van der Waals surface area contributed by atoms with Crippen molar-refractivity contribution in [3.05, 3.63) is 35.7 Å². The van der Waals surface area contributed by atoms with Gasteiger partial charge in [-0.15, -0.1) is 0 Å². The monoisotopic (exact) mass is 258 g/mol. The highest BCUT2D eigenvalue weighted by atomic mass is 19.4. The van der Waals surface area contributed by atoms with Crippen LogP contribution in [0.5, 0.6) is 0 Å². The van der Waals surface area contributed by atoms with Crippen LogP contribution >= 0.6 is 0 Å². The number of aromatic carboxylic acids is 1. The maximum Gasteiger partial charge on any atom is 0.417 e. The second kappa shape index (κ2) is 4.13. The molecule has 0 atom stereocenters. The highest BCUT2D eigenvalue weighted by Gasteiger charge is 2.31. The van der Waals surface area contributed by atoms with Crippen LogP contribution in [0.25, 0.3) is 11.5 Å². The Morgan fingerprint density at radius 3 is 2.50 bits per heavy atom. The van der Waals surface area contributed by atoms with E-state index < -0.39 is 17.7 Å². The molecule has 0 aliphatic carbocycles. The number of alkyl halides is 3. The molecule has 0 unspecified atom stereocenters. The zero-order valence-corrected chi connectivity index (χ0v) is 8.60. The molecule has 2 rings (SSSR count). The van der Waals surface area contributed by atoms with Gasteiger partial charge in [-0.1, -0.05) is 5.16 Å². The van der Waals surface area contributed by atoms with Gasteiger partial charge in [-0.05, 0) is 12.1 Å². The molecule has 2 heterocycles. The number of hydrogen-bond donors (Lipinski definition) is 1. The number of aromatic nitrogens is 2. The lowest BCUT2D eigenvalue weighted by Gasteiger charge is -2.05. The summed E-state index contributed by atoms with van der Waals surface area (Å²) < 4.78 is 41.6. The van der Waals surface area contributed by atoms with Crippen LogP contribution in [0.2, 0.25) is 0 Å². The summed E-state index contributed by atoms with van der Waals surface area (Å²) in [5, 5.41) is 12.1. The first-order valence-corrected chi connectivity index (χ1v) is 4.61. The summed E-state index contributed by atoms with van der Waals surface area (Å²) >= 11 is 0. The van der Waals surface area contributed by atoms with Crippen LogP contribution in [0.4, 0.5) is 13.2 Å². The third-order valence-electron chi connectivity index (χ3n) is 2.12. The number of nitrogens with zero attached hydrogens (tertiary/aromatic N) is 2. The van der Waals surface area contributed by atoms with Gasteiger partial charge in [-0.25, -0.2) is 4.79 Å². The van der Waals surface area contributed by atoms with Crippen molar-refractivity contribution in [3.63, 3.8) is 0 Å². The SMILES string of the molecule is O=C(O)c1cnoc1-c1ccc(C(F)(F)F)cn1. The second-order valence-electron chi connectivity index (χ2n) is 3.30. The highest BCUT2D eigenvalue weighted by Crippen LogP contribution is 2.30. The van der Waals surface area contributed by atoms with Crippen LogP contribution in [-0.4, -0.2) is 21.2 Å². The van der Waals surface area contributed by atoms with Crippen molar-refractivity contribution in [2.75, 3.05) is 0 Å². The van der Waals surface area contributed by atoms with Gasteiger partial charge in [0.15, 0.2) is 5.76 Å². The lowest BCUT2D eigenvalue weighted by atomic mass is 10.1. The van der Waals surface area contributed by atoms with E-state index in [2.05, 4.69) is 14.7 Å². The molecule has 94 valence electrons. The molecule has 18 heavy (non-hydrogen) atoms. The summed E-state index contributed by atoms with van der Waals surface area (Å²) in [7, 11) is 0. The van der Waals surface area contributed by atoms with Gasteiger partial charge in [0.05, 0.1) is 11.8 Å².